The number of nitrogens with zero attached hydrogens (tertiary/aromatic N) is 2. The molecular formula is C20H22ClN3O. The number of hydrogen-bond acceptors (Lipinski definition) is 4. The minimum Gasteiger partial charge on any atom is -0.397 e. The van der Waals surface area contributed by atoms with Crippen molar-refractivity contribution in [2.75, 3.05) is 13.1 Å². The van der Waals surface area contributed by atoms with Crippen molar-refractivity contribution in [1.29, 1.82) is 0 Å². The second-order valence-electron chi connectivity index (χ2n) is 6.53. The van der Waals surface area contributed by atoms with Crippen molar-refractivity contribution in [1.82, 2.24) is 9.88 Å². The molecule has 0 spiro atoms. The number of halogens is 1. The number of carbonyl (C=O) groups is 1. The van der Waals surface area contributed by atoms with Crippen molar-refractivity contribution in [2.24, 2.45) is 11.7 Å². The SMILES string of the molecule is CC(=O)CN(CC1CC1)/C(=C(\N)c1ccc(Cl)cc1)c1ccncc1. The maximum atomic E-state index is 11.9. The molecule has 1 saturated carbocycles. The van der Waals surface area contributed by atoms with Crippen LogP contribution in [0.5, 0.6) is 0 Å². The Morgan fingerprint density at radius 1 is 1.16 bits per heavy atom. The van der Waals surface area contributed by atoms with Gasteiger partial charge in [-0.25, -0.2) is 0 Å². The molecule has 3 rings (SSSR count). The number of Topliss-reactive ketones (excluding diaryl/α,β-unsaturated/α-hetero) is 1. The van der Waals surface area contributed by atoms with Gasteiger partial charge in [0.15, 0.2) is 0 Å². The average Bonchev–Trinajstić information content (AvgIpc) is 3.40. The highest BCUT2D eigenvalue weighted by atomic mass is 35.5. The number of benzene rings is 1. The number of rotatable bonds is 7. The molecule has 0 unspecified atom stereocenters. The predicted molar refractivity (Wildman–Crippen MR) is 102 cm³/mol. The van der Waals surface area contributed by atoms with Gasteiger partial charge in [0.2, 0.25) is 0 Å². The van der Waals surface area contributed by atoms with E-state index in [1.807, 2.05) is 36.4 Å². The molecule has 0 atom stereocenters. The van der Waals surface area contributed by atoms with Crippen molar-refractivity contribution >= 4 is 28.8 Å². The van der Waals surface area contributed by atoms with Crippen molar-refractivity contribution in [3.05, 3.63) is 64.9 Å². The van der Waals surface area contributed by atoms with E-state index >= 15 is 0 Å². The molecule has 0 radical (unpaired) electrons. The van der Waals surface area contributed by atoms with Crippen molar-refractivity contribution in [2.45, 2.75) is 19.8 Å². The van der Waals surface area contributed by atoms with E-state index in [0.717, 1.165) is 23.4 Å². The van der Waals surface area contributed by atoms with Gasteiger partial charge in [-0.05, 0) is 55.5 Å². The Morgan fingerprint density at radius 2 is 1.80 bits per heavy atom. The van der Waals surface area contributed by atoms with Crippen LogP contribution in [0.15, 0.2) is 48.8 Å². The molecule has 25 heavy (non-hydrogen) atoms. The Bertz CT molecular complexity index is 767. The molecule has 1 aliphatic rings. The van der Waals surface area contributed by atoms with E-state index in [1.54, 1.807) is 19.3 Å². The van der Waals surface area contributed by atoms with Crippen LogP contribution in [0.4, 0.5) is 0 Å². The van der Waals surface area contributed by atoms with E-state index in [0.29, 0.717) is 23.2 Å². The van der Waals surface area contributed by atoms with E-state index in [9.17, 15) is 4.79 Å². The summed E-state index contributed by atoms with van der Waals surface area (Å²) in [6.07, 6.45) is 5.90. The van der Waals surface area contributed by atoms with Gasteiger partial charge in [-0.3, -0.25) is 9.78 Å². The average molecular weight is 356 g/mol. The Hall–Kier alpha value is -2.33. The molecule has 130 valence electrons. The van der Waals surface area contributed by atoms with Crippen molar-refractivity contribution in [3.8, 4) is 0 Å². The molecule has 4 nitrogen and oxygen atoms in total. The number of carbonyl (C=O) groups excluding carboxylic acids is 1. The monoisotopic (exact) mass is 355 g/mol. The van der Waals surface area contributed by atoms with E-state index in [2.05, 4.69) is 9.88 Å². The molecule has 1 aromatic heterocycles. The van der Waals surface area contributed by atoms with Gasteiger partial charge in [-0.2, -0.15) is 0 Å². The summed E-state index contributed by atoms with van der Waals surface area (Å²) >= 11 is 6.00. The van der Waals surface area contributed by atoms with Crippen LogP contribution in [0.25, 0.3) is 11.4 Å². The number of ketones is 1. The van der Waals surface area contributed by atoms with Crippen LogP contribution in [-0.4, -0.2) is 28.8 Å². The Morgan fingerprint density at radius 3 is 2.36 bits per heavy atom. The smallest absolute Gasteiger partial charge is 0.149 e. The highest BCUT2D eigenvalue weighted by Gasteiger charge is 2.27. The fraction of sp³-hybridized carbons (Fsp3) is 0.300. The zero-order valence-electron chi connectivity index (χ0n) is 14.3. The second-order valence-corrected chi connectivity index (χ2v) is 6.97. The van der Waals surface area contributed by atoms with Crippen LogP contribution < -0.4 is 5.73 Å². The Balaban J connectivity index is 2.08. The molecule has 0 aliphatic heterocycles. The van der Waals surface area contributed by atoms with Gasteiger partial charge in [-0.15, -0.1) is 0 Å². The zero-order chi connectivity index (χ0) is 17.8. The van der Waals surface area contributed by atoms with Gasteiger partial charge in [0.25, 0.3) is 0 Å². The molecule has 5 heteroatoms. The Kier molecular flexibility index (Phi) is 5.39. The van der Waals surface area contributed by atoms with Crippen LogP contribution in [0, 0.1) is 5.92 Å². The number of hydrogen-bond donors (Lipinski definition) is 1. The van der Waals surface area contributed by atoms with Crippen LogP contribution in [-0.2, 0) is 4.79 Å². The highest BCUT2D eigenvalue weighted by molar-refractivity contribution is 6.30. The van der Waals surface area contributed by atoms with E-state index in [1.165, 1.54) is 12.8 Å². The first-order valence-electron chi connectivity index (χ1n) is 8.45. The summed E-state index contributed by atoms with van der Waals surface area (Å²) in [6, 6.07) is 11.3. The van der Waals surface area contributed by atoms with Gasteiger partial charge in [0, 0.05) is 29.5 Å². The van der Waals surface area contributed by atoms with E-state index in [-0.39, 0.29) is 5.78 Å². The third-order valence-corrected chi connectivity index (χ3v) is 4.52. The van der Waals surface area contributed by atoms with Gasteiger partial charge in [-0.1, -0.05) is 23.7 Å². The standard InChI is InChI=1S/C20H22ClN3O/c1-14(25)12-24(13-15-2-3-15)20(17-8-10-23-11-9-17)19(22)16-4-6-18(21)7-5-16/h4-11,15H,2-3,12-13,22H2,1H3/b20-19-. The summed E-state index contributed by atoms with van der Waals surface area (Å²) < 4.78 is 0. The fourth-order valence-electron chi connectivity index (χ4n) is 2.90. The third-order valence-electron chi connectivity index (χ3n) is 4.27. The predicted octanol–water partition coefficient (Wildman–Crippen LogP) is 3.82. The first kappa shape index (κ1) is 17.5. The van der Waals surface area contributed by atoms with E-state index in [4.69, 9.17) is 17.3 Å². The Labute approximate surface area is 153 Å². The first-order chi connectivity index (χ1) is 12.0. The fourth-order valence-corrected chi connectivity index (χ4v) is 3.03. The lowest BCUT2D eigenvalue weighted by Crippen LogP contribution is -2.31. The quantitative estimate of drug-likeness (QED) is 0.820. The summed E-state index contributed by atoms with van der Waals surface area (Å²) in [5.41, 5.74) is 9.93. The van der Waals surface area contributed by atoms with E-state index < -0.39 is 0 Å². The van der Waals surface area contributed by atoms with Crippen molar-refractivity contribution in [3.63, 3.8) is 0 Å². The van der Waals surface area contributed by atoms with Gasteiger partial charge >= 0.3 is 0 Å². The lowest BCUT2D eigenvalue weighted by molar-refractivity contribution is -0.117. The topological polar surface area (TPSA) is 59.2 Å². The maximum Gasteiger partial charge on any atom is 0.149 e. The summed E-state index contributed by atoms with van der Waals surface area (Å²) in [7, 11) is 0. The largest absolute Gasteiger partial charge is 0.397 e. The third kappa shape index (κ3) is 4.60. The normalized spacial score (nSPS) is 14.8. The number of nitrogens with two attached hydrogens (primary N) is 1. The number of aromatic nitrogens is 1. The molecule has 0 bridgehead atoms. The van der Waals surface area contributed by atoms with Crippen LogP contribution >= 0.6 is 11.6 Å². The first-order valence-corrected chi connectivity index (χ1v) is 8.83. The lowest BCUT2D eigenvalue weighted by atomic mass is 10.0. The van der Waals surface area contributed by atoms with Crippen LogP contribution in [0.1, 0.15) is 30.9 Å². The van der Waals surface area contributed by atoms with Crippen molar-refractivity contribution < 1.29 is 4.79 Å². The molecule has 2 N–H and O–H groups in total. The highest BCUT2D eigenvalue weighted by Crippen LogP contribution is 2.34. The summed E-state index contributed by atoms with van der Waals surface area (Å²) in [4.78, 5) is 18.1. The molecule has 0 amide bonds. The van der Waals surface area contributed by atoms with Crippen LogP contribution in [0.2, 0.25) is 5.02 Å². The minimum absolute atomic E-state index is 0.121. The molecule has 1 fully saturated rings. The maximum absolute atomic E-state index is 11.9. The number of pyridine rings is 1. The zero-order valence-corrected chi connectivity index (χ0v) is 15.0. The molecule has 0 saturated heterocycles. The molecule has 1 aromatic carbocycles. The summed E-state index contributed by atoms with van der Waals surface area (Å²) in [5.74, 6) is 0.755. The van der Waals surface area contributed by atoms with Gasteiger partial charge < -0.3 is 10.6 Å². The minimum atomic E-state index is 0.121. The second kappa shape index (κ2) is 7.70. The van der Waals surface area contributed by atoms with Crippen LogP contribution in [0.3, 0.4) is 0 Å². The van der Waals surface area contributed by atoms with Gasteiger partial charge in [0.1, 0.15) is 5.78 Å². The van der Waals surface area contributed by atoms with Gasteiger partial charge in [0.05, 0.1) is 17.9 Å². The summed E-state index contributed by atoms with van der Waals surface area (Å²) in [6.45, 7) is 2.80. The molecule has 2 aromatic rings. The lowest BCUT2D eigenvalue weighted by Gasteiger charge is -2.28. The summed E-state index contributed by atoms with van der Waals surface area (Å²) in [5, 5.41) is 0.667. The molecule has 1 aliphatic carbocycles. The molecule has 1 heterocycles. The molecular weight excluding hydrogens is 334 g/mol.